The van der Waals surface area contributed by atoms with Crippen LogP contribution in [-0.4, -0.2) is 74.8 Å². The molecule has 2 aromatic heterocycles. The number of benzene rings is 1. The zero-order chi connectivity index (χ0) is 22.8. The molecule has 2 fully saturated rings. The fraction of sp³-hybridized carbons (Fsp3) is 0.409. The summed E-state index contributed by atoms with van der Waals surface area (Å²) in [5.74, 6) is 1.31. The molecule has 4 heterocycles. The third-order valence-electron chi connectivity index (χ3n) is 6.32. The lowest BCUT2D eigenvalue weighted by atomic mass is 9.95. The largest absolute Gasteiger partial charge is 0.368 e. The van der Waals surface area contributed by atoms with Crippen molar-refractivity contribution >= 4 is 29.0 Å². The van der Waals surface area contributed by atoms with Crippen LogP contribution in [0.25, 0.3) is 5.82 Å². The molecule has 9 nitrogen and oxygen atoms in total. The highest BCUT2D eigenvalue weighted by atomic mass is 35.5. The topological polar surface area (TPSA) is 83.3 Å². The van der Waals surface area contributed by atoms with Gasteiger partial charge in [-0.2, -0.15) is 5.10 Å². The zero-order valence-electron chi connectivity index (χ0n) is 18.0. The van der Waals surface area contributed by atoms with E-state index in [1.807, 2.05) is 11.0 Å². The van der Waals surface area contributed by atoms with Crippen LogP contribution in [0.4, 0.5) is 15.9 Å². The number of piperidine rings is 1. The molecule has 0 radical (unpaired) electrons. The van der Waals surface area contributed by atoms with Crippen LogP contribution in [0.3, 0.4) is 0 Å². The first-order valence-electron chi connectivity index (χ1n) is 11.0. The minimum Gasteiger partial charge on any atom is -0.368 e. The Kier molecular flexibility index (Phi) is 6.08. The second-order valence-electron chi connectivity index (χ2n) is 8.25. The molecule has 0 spiro atoms. The Bertz CT molecular complexity index is 1110. The maximum Gasteiger partial charge on any atom is 0.225 e. The molecule has 172 valence electrons. The highest BCUT2D eigenvalue weighted by Crippen LogP contribution is 2.26. The quantitative estimate of drug-likeness (QED) is 0.579. The standard InChI is InChI=1S/C22H24ClFN8O/c23-18-11-17(1-2-19(18)24)29-7-9-31(10-8-29)22(33)16-3-5-30(6-4-16)20-12-21(27-14-26-20)32-15-25-13-28-32/h1-2,11-16H,3-10H2. The van der Waals surface area contributed by atoms with Gasteiger partial charge in [-0.25, -0.2) is 24.0 Å². The maximum absolute atomic E-state index is 13.4. The van der Waals surface area contributed by atoms with Gasteiger partial charge in [-0.15, -0.1) is 0 Å². The summed E-state index contributed by atoms with van der Waals surface area (Å²) in [5.41, 5.74) is 0.886. The van der Waals surface area contributed by atoms with Crippen LogP contribution in [0.1, 0.15) is 12.8 Å². The van der Waals surface area contributed by atoms with E-state index in [1.54, 1.807) is 23.1 Å². The fourth-order valence-corrected chi connectivity index (χ4v) is 4.62. The number of aromatic nitrogens is 5. The van der Waals surface area contributed by atoms with Gasteiger partial charge < -0.3 is 14.7 Å². The average Bonchev–Trinajstić information content (AvgIpc) is 3.41. The lowest BCUT2D eigenvalue weighted by Gasteiger charge is -2.39. The number of halogens is 2. The van der Waals surface area contributed by atoms with Crippen molar-refractivity contribution < 1.29 is 9.18 Å². The Labute approximate surface area is 195 Å². The minimum absolute atomic E-state index is 0.0182. The smallest absolute Gasteiger partial charge is 0.225 e. The first-order chi connectivity index (χ1) is 16.1. The van der Waals surface area contributed by atoms with Gasteiger partial charge in [0, 0.05) is 56.9 Å². The molecule has 0 atom stereocenters. The van der Waals surface area contributed by atoms with Gasteiger partial charge in [0.05, 0.1) is 5.02 Å². The number of nitrogens with zero attached hydrogens (tertiary/aromatic N) is 8. The van der Waals surface area contributed by atoms with Crippen LogP contribution in [0, 0.1) is 11.7 Å². The van der Waals surface area contributed by atoms with Gasteiger partial charge in [-0.3, -0.25) is 4.79 Å². The molecule has 0 saturated carbocycles. The van der Waals surface area contributed by atoms with Crippen LogP contribution in [0.2, 0.25) is 5.02 Å². The van der Waals surface area contributed by atoms with Crippen molar-refractivity contribution in [1.82, 2.24) is 29.6 Å². The summed E-state index contributed by atoms with van der Waals surface area (Å²) in [6.07, 6.45) is 6.16. The average molecular weight is 471 g/mol. The van der Waals surface area contributed by atoms with Crippen molar-refractivity contribution in [2.24, 2.45) is 5.92 Å². The summed E-state index contributed by atoms with van der Waals surface area (Å²) in [5, 5.41) is 4.23. The Morgan fingerprint density at radius 2 is 1.70 bits per heavy atom. The highest BCUT2D eigenvalue weighted by Gasteiger charge is 2.31. The Balaban J connectivity index is 1.15. The van der Waals surface area contributed by atoms with E-state index in [-0.39, 0.29) is 16.8 Å². The van der Waals surface area contributed by atoms with Crippen molar-refractivity contribution in [2.45, 2.75) is 12.8 Å². The number of rotatable bonds is 4. The summed E-state index contributed by atoms with van der Waals surface area (Å²) in [6.45, 7) is 4.25. The molecule has 2 aliphatic heterocycles. The van der Waals surface area contributed by atoms with E-state index in [2.05, 4.69) is 29.9 Å². The molecule has 3 aromatic rings. The Morgan fingerprint density at radius 1 is 0.939 bits per heavy atom. The predicted molar refractivity (Wildman–Crippen MR) is 122 cm³/mol. The van der Waals surface area contributed by atoms with Crippen molar-refractivity contribution in [3.05, 3.63) is 54.1 Å². The monoisotopic (exact) mass is 470 g/mol. The molecule has 2 saturated heterocycles. The van der Waals surface area contributed by atoms with E-state index in [9.17, 15) is 9.18 Å². The third kappa shape index (κ3) is 4.61. The van der Waals surface area contributed by atoms with Crippen LogP contribution >= 0.6 is 11.6 Å². The predicted octanol–water partition coefficient (Wildman–Crippen LogP) is 2.42. The Morgan fingerprint density at radius 3 is 2.39 bits per heavy atom. The molecule has 5 rings (SSSR count). The first kappa shape index (κ1) is 21.6. The lowest BCUT2D eigenvalue weighted by Crippen LogP contribution is -2.51. The van der Waals surface area contributed by atoms with E-state index in [0.29, 0.717) is 32.0 Å². The van der Waals surface area contributed by atoms with E-state index in [0.717, 1.165) is 37.4 Å². The van der Waals surface area contributed by atoms with E-state index >= 15 is 0 Å². The lowest BCUT2D eigenvalue weighted by molar-refractivity contribution is -0.136. The molecule has 2 aliphatic rings. The van der Waals surface area contributed by atoms with Gasteiger partial charge in [-0.05, 0) is 31.0 Å². The van der Waals surface area contributed by atoms with Crippen molar-refractivity contribution in [3.63, 3.8) is 0 Å². The van der Waals surface area contributed by atoms with E-state index in [4.69, 9.17) is 11.6 Å². The molecule has 11 heteroatoms. The van der Waals surface area contributed by atoms with Gasteiger partial charge in [0.25, 0.3) is 0 Å². The molecule has 1 amide bonds. The van der Waals surface area contributed by atoms with E-state index < -0.39 is 5.82 Å². The summed E-state index contributed by atoms with van der Waals surface area (Å²) < 4.78 is 15.0. The summed E-state index contributed by atoms with van der Waals surface area (Å²) in [7, 11) is 0. The van der Waals surface area contributed by atoms with Crippen molar-refractivity contribution in [3.8, 4) is 5.82 Å². The molecular weight excluding hydrogens is 447 g/mol. The normalized spacial score (nSPS) is 17.5. The molecule has 0 bridgehead atoms. The molecule has 0 unspecified atom stereocenters. The SMILES string of the molecule is O=C(C1CCN(c2cc(-n3cncn3)ncn2)CC1)N1CCN(c2ccc(F)c(Cl)c2)CC1. The molecule has 0 aliphatic carbocycles. The Hall–Kier alpha value is -3.27. The second kappa shape index (κ2) is 9.30. The first-order valence-corrected chi connectivity index (χ1v) is 11.4. The number of piperazine rings is 1. The molecule has 33 heavy (non-hydrogen) atoms. The number of amides is 1. The maximum atomic E-state index is 13.4. The van der Waals surface area contributed by atoms with Gasteiger partial charge in [0.2, 0.25) is 5.91 Å². The van der Waals surface area contributed by atoms with Gasteiger partial charge >= 0.3 is 0 Å². The number of anilines is 2. The van der Waals surface area contributed by atoms with Gasteiger partial charge in [-0.1, -0.05) is 11.6 Å². The summed E-state index contributed by atoms with van der Waals surface area (Å²) in [6, 6.07) is 6.65. The van der Waals surface area contributed by atoms with Gasteiger partial charge in [0.15, 0.2) is 5.82 Å². The number of carbonyl (C=O) groups excluding carboxylic acids is 1. The molecular formula is C22H24ClFN8O. The van der Waals surface area contributed by atoms with Crippen molar-refractivity contribution in [2.75, 3.05) is 49.1 Å². The van der Waals surface area contributed by atoms with Crippen molar-refractivity contribution in [1.29, 1.82) is 0 Å². The van der Waals surface area contributed by atoms with Crippen LogP contribution in [0.5, 0.6) is 0 Å². The summed E-state index contributed by atoms with van der Waals surface area (Å²) in [4.78, 5) is 32.0. The van der Waals surface area contributed by atoms with Gasteiger partial charge in [0.1, 0.15) is 30.6 Å². The highest BCUT2D eigenvalue weighted by molar-refractivity contribution is 6.31. The summed E-state index contributed by atoms with van der Waals surface area (Å²) >= 11 is 5.92. The number of hydrogen-bond acceptors (Lipinski definition) is 7. The molecule has 0 N–H and O–H groups in total. The molecule has 1 aromatic carbocycles. The van der Waals surface area contributed by atoms with Crippen LogP contribution in [0.15, 0.2) is 43.2 Å². The van der Waals surface area contributed by atoms with Crippen LogP contribution < -0.4 is 9.80 Å². The fourth-order valence-electron chi connectivity index (χ4n) is 4.44. The minimum atomic E-state index is -0.419. The second-order valence-corrected chi connectivity index (χ2v) is 8.65. The zero-order valence-corrected chi connectivity index (χ0v) is 18.8. The number of hydrogen-bond donors (Lipinski definition) is 0. The third-order valence-corrected chi connectivity index (χ3v) is 6.61. The van der Waals surface area contributed by atoms with Crippen LogP contribution in [-0.2, 0) is 4.79 Å². The number of carbonyl (C=O) groups is 1. The van der Waals surface area contributed by atoms with E-state index in [1.165, 1.54) is 18.7 Å².